The summed E-state index contributed by atoms with van der Waals surface area (Å²) in [5.41, 5.74) is 9.91. The molecule has 0 saturated carbocycles. The van der Waals surface area contributed by atoms with Gasteiger partial charge in [0.2, 0.25) is 0 Å². The molecular formula is C14H12BrN3. The number of nitrogens with one attached hydrogen (secondary N) is 1. The van der Waals surface area contributed by atoms with Gasteiger partial charge in [-0.25, -0.2) is 0 Å². The Bertz CT molecular complexity index is 629. The molecule has 0 spiro atoms. The molecule has 18 heavy (non-hydrogen) atoms. The normalized spacial score (nSPS) is 9.83. The maximum Gasteiger partial charge on any atom is 0.0992 e. The van der Waals surface area contributed by atoms with E-state index < -0.39 is 0 Å². The number of benzene rings is 2. The average molecular weight is 302 g/mol. The number of aryl methyl sites for hydroxylation is 1. The molecule has 0 aliphatic rings. The van der Waals surface area contributed by atoms with Crippen LogP contribution in [0.5, 0.6) is 0 Å². The number of nitrogen functional groups attached to an aromatic ring is 1. The van der Waals surface area contributed by atoms with Crippen LogP contribution in [0.25, 0.3) is 0 Å². The third-order valence-electron chi connectivity index (χ3n) is 2.62. The molecule has 3 N–H and O–H groups in total. The van der Waals surface area contributed by atoms with E-state index in [1.54, 1.807) is 18.2 Å². The van der Waals surface area contributed by atoms with E-state index in [4.69, 9.17) is 11.0 Å². The highest BCUT2D eigenvalue weighted by Gasteiger charge is 2.03. The predicted molar refractivity (Wildman–Crippen MR) is 77.7 cm³/mol. The Labute approximate surface area is 114 Å². The first-order chi connectivity index (χ1) is 8.60. The third kappa shape index (κ3) is 2.63. The lowest BCUT2D eigenvalue weighted by Crippen LogP contribution is -1.97. The molecule has 0 fully saturated rings. The maximum absolute atomic E-state index is 8.87. The van der Waals surface area contributed by atoms with Crippen molar-refractivity contribution in [2.75, 3.05) is 11.1 Å². The second-order valence-corrected chi connectivity index (χ2v) is 4.86. The Morgan fingerprint density at radius 1 is 1.22 bits per heavy atom. The van der Waals surface area contributed by atoms with Gasteiger partial charge < -0.3 is 11.1 Å². The molecule has 2 rings (SSSR count). The molecule has 0 heterocycles. The topological polar surface area (TPSA) is 61.8 Å². The summed E-state index contributed by atoms with van der Waals surface area (Å²) in [6, 6.07) is 13.2. The SMILES string of the molecule is Cc1cc(Nc2cc(C#N)ccc2N)ccc1Br. The molecule has 0 saturated heterocycles. The minimum Gasteiger partial charge on any atom is -0.397 e. The highest BCUT2D eigenvalue weighted by atomic mass is 79.9. The van der Waals surface area contributed by atoms with Crippen molar-refractivity contribution >= 4 is 33.0 Å². The van der Waals surface area contributed by atoms with Crippen molar-refractivity contribution in [2.24, 2.45) is 0 Å². The van der Waals surface area contributed by atoms with Crippen LogP contribution in [0, 0.1) is 18.3 Å². The summed E-state index contributed by atoms with van der Waals surface area (Å²) in [7, 11) is 0. The molecule has 0 bridgehead atoms. The van der Waals surface area contributed by atoms with Gasteiger partial charge in [0, 0.05) is 10.2 Å². The van der Waals surface area contributed by atoms with E-state index in [2.05, 4.69) is 27.3 Å². The smallest absolute Gasteiger partial charge is 0.0992 e. The van der Waals surface area contributed by atoms with Crippen LogP contribution in [0.1, 0.15) is 11.1 Å². The summed E-state index contributed by atoms with van der Waals surface area (Å²) >= 11 is 3.46. The molecule has 2 aromatic rings. The second kappa shape index (κ2) is 5.11. The van der Waals surface area contributed by atoms with Crippen molar-refractivity contribution in [1.82, 2.24) is 0 Å². The van der Waals surface area contributed by atoms with Gasteiger partial charge in [0.25, 0.3) is 0 Å². The van der Waals surface area contributed by atoms with E-state index in [-0.39, 0.29) is 0 Å². The van der Waals surface area contributed by atoms with Crippen molar-refractivity contribution in [3.63, 3.8) is 0 Å². The first-order valence-electron chi connectivity index (χ1n) is 5.43. The largest absolute Gasteiger partial charge is 0.397 e. The van der Waals surface area contributed by atoms with E-state index in [0.29, 0.717) is 11.3 Å². The molecule has 0 unspecified atom stereocenters. The van der Waals surface area contributed by atoms with Gasteiger partial charge in [-0.05, 0) is 48.9 Å². The van der Waals surface area contributed by atoms with Crippen LogP contribution >= 0.6 is 15.9 Å². The summed E-state index contributed by atoms with van der Waals surface area (Å²) in [5.74, 6) is 0. The molecule has 0 atom stereocenters. The molecule has 0 amide bonds. The standard InChI is InChI=1S/C14H12BrN3/c1-9-6-11(3-4-12(9)15)18-14-7-10(8-16)2-5-13(14)17/h2-7,18H,17H2,1H3. The molecule has 3 nitrogen and oxygen atoms in total. The maximum atomic E-state index is 8.87. The van der Waals surface area contributed by atoms with E-state index in [1.165, 1.54) is 0 Å². The van der Waals surface area contributed by atoms with Crippen LogP contribution in [-0.2, 0) is 0 Å². The predicted octanol–water partition coefficient (Wildman–Crippen LogP) is 3.96. The average Bonchev–Trinajstić information content (AvgIpc) is 2.36. The van der Waals surface area contributed by atoms with E-state index >= 15 is 0 Å². The van der Waals surface area contributed by atoms with Crippen molar-refractivity contribution < 1.29 is 0 Å². The Morgan fingerprint density at radius 3 is 2.67 bits per heavy atom. The van der Waals surface area contributed by atoms with Crippen molar-refractivity contribution in [3.8, 4) is 6.07 Å². The zero-order valence-corrected chi connectivity index (χ0v) is 11.5. The summed E-state index contributed by atoms with van der Waals surface area (Å²) in [6.07, 6.45) is 0. The van der Waals surface area contributed by atoms with Gasteiger partial charge in [-0.1, -0.05) is 15.9 Å². The highest BCUT2D eigenvalue weighted by Crippen LogP contribution is 2.26. The Balaban J connectivity index is 2.33. The summed E-state index contributed by atoms with van der Waals surface area (Å²) in [4.78, 5) is 0. The van der Waals surface area contributed by atoms with Crippen LogP contribution in [0.3, 0.4) is 0 Å². The lowest BCUT2D eigenvalue weighted by molar-refractivity contribution is 1.41. The molecule has 0 aliphatic carbocycles. The van der Waals surface area contributed by atoms with Crippen LogP contribution in [-0.4, -0.2) is 0 Å². The fourth-order valence-corrected chi connectivity index (χ4v) is 1.86. The second-order valence-electron chi connectivity index (χ2n) is 4.00. The van der Waals surface area contributed by atoms with Crippen molar-refractivity contribution in [1.29, 1.82) is 5.26 Å². The van der Waals surface area contributed by atoms with Gasteiger partial charge in [0.05, 0.1) is 23.0 Å². The van der Waals surface area contributed by atoms with Crippen LogP contribution in [0.4, 0.5) is 17.1 Å². The van der Waals surface area contributed by atoms with E-state index in [0.717, 1.165) is 21.4 Å². The molecule has 2 aromatic carbocycles. The lowest BCUT2D eigenvalue weighted by atomic mass is 10.1. The highest BCUT2D eigenvalue weighted by molar-refractivity contribution is 9.10. The van der Waals surface area contributed by atoms with Gasteiger partial charge in [0.15, 0.2) is 0 Å². The number of hydrogen-bond acceptors (Lipinski definition) is 3. The molecule has 4 heteroatoms. The Kier molecular flexibility index (Phi) is 3.54. The number of halogens is 1. The number of nitrogens with zero attached hydrogens (tertiary/aromatic N) is 1. The van der Waals surface area contributed by atoms with Crippen LogP contribution in [0.2, 0.25) is 0 Å². The van der Waals surface area contributed by atoms with Gasteiger partial charge >= 0.3 is 0 Å². The first-order valence-corrected chi connectivity index (χ1v) is 6.22. The Hall–Kier alpha value is -1.99. The minimum absolute atomic E-state index is 0.584. The summed E-state index contributed by atoms with van der Waals surface area (Å²) in [6.45, 7) is 2.02. The quantitative estimate of drug-likeness (QED) is 0.826. The van der Waals surface area contributed by atoms with Crippen molar-refractivity contribution in [2.45, 2.75) is 6.92 Å². The van der Waals surface area contributed by atoms with E-state index in [9.17, 15) is 0 Å². The zero-order chi connectivity index (χ0) is 13.1. The number of nitriles is 1. The fourth-order valence-electron chi connectivity index (χ4n) is 1.61. The molecule has 0 radical (unpaired) electrons. The number of nitrogens with two attached hydrogens (primary N) is 1. The lowest BCUT2D eigenvalue weighted by Gasteiger charge is -2.10. The fraction of sp³-hybridized carbons (Fsp3) is 0.0714. The van der Waals surface area contributed by atoms with Gasteiger partial charge in [-0.3, -0.25) is 0 Å². The zero-order valence-electron chi connectivity index (χ0n) is 9.87. The monoisotopic (exact) mass is 301 g/mol. The van der Waals surface area contributed by atoms with E-state index in [1.807, 2.05) is 25.1 Å². The van der Waals surface area contributed by atoms with Crippen LogP contribution in [0.15, 0.2) is 40.9 Å². The van der Waals surface area contributed by atoms with Gasteiger partial charge in [-0.2, -0.15) is 5.26 Å². The Morgan fingerprint density at radius 2 is 2.00 bits per heavy atom. The summed E-state index contributed by atoms with van der Waals surface area (Å²) < 4.78 is 1.06. The third-order valence-corrected chi connectivity index (χ3v) is 3.51. The van der Waals surface area contributed by atoms with Gasteiger partial charge in [-0.15, -0.1) is 0 Å². The number of anilines is 3. The number of hydrogen-bond donors (Lipinski definition) is 2. The van der Waals surface area contributed by atoms with Gasteiger partial charge in [0.1, 0.15) is 0 Å². The number of rotatable bonds is 2. The molecule has 0 aromatic heterocycles. The molecular weight excluding hydrogens is 290 g/mol. The van der Waals surface area contributed by atoms with Crippen LogP contribution < -0.4 is 11.1 Å². The summed E-state index contributed by atoms with van der Waals surface area (Å²) in [5, 5.41) is 12.1. The molecule has 0 aliphatic heterocycles. The first kappa shape index (κ1) is 12.5. The minimum atomic E-state index is 0.584. The molecule has 90 valence electrons. The van der Waals surface area contributed by atoms with Crippen molar-refractivity contribution in [3.05, 3.63) is 52.0 Å².